The predicted octanol–water partition coefficient (Wildman–Crippen LogP) is 4.46. The number of hydrogen-bond donors (Lipinski definition) is 0. The fraction of sp³-hybridized carbons (Fsp3) is 0.846. The zero-order valence-electron chi connectivity index (χ0n) is 8.73. The van der Waals surface area contributed by atoms with E-state index >= 15 is 0 Å². The van der Waals surface area contributed by atoms with Gasteiger partial charge in [-0.1, -0.05) is 43.8 Å². The first kappa shape index (κ1) is 9.30. The maximum Gasteiger partial charge on any atom is -0.0318 e. The van der Waals surface area contributed by atoms with Crippen molar-refractivity contribution < 1.29 is 0 Å². The lowest BCUT2D eigenvalue weighted by molar-refractivity contribution is 0.417. The highest BCUT2D eigenvalue weighted by molar-refractivity contribution is 5.06. The van der Waals surface area contributed by atoms with Crippen molar-refractivity contribution in [1.82, 2.24) is 0 Å². The Bertz CT molecular complexity index is 178. The molecule has 0 saturated heterocycles. The van der Waals surface area contributed by atoms with Crippen LogP contribution in [0.1, 0.15) is 64.2 Å². The van der Waals surface area contributed by atoms with Crippen molar-refractivity contribution in [2.75, 3.05) is 0 Å². The quantitative estimate of drug-likeness (QED) is 0.480. The fourth-order valence-electron chi connectivity index (χ4n) is 2.75. The van der Waals surface area contributed by atoms with E-state index in [1.807, 2.05) is 0 Å². The minimum atomic E-state index is 1.04. The molecule has 1 atom stereocenters. The van der Waals surface area contributed by atoms with E-state index in [4.69, 9.17) is 0 Å². The number of rotatable bonds is 0. The van der Waals surface area contributed by atoms with Gasteiger partial charge in [0.15, 0.2) is 0 Å². The van der Waals surface area contributed by atoms with Crippen LogP contribution in [0.3, 0.4) is 0 Å². The minimum Gasteiger partial charge on any atom is -0.0851 e. The molecule has 1 saturated carbocycles. The predicted molar refractivity (Wildman–Crippen MR) is 57.7 cm³/mol. The summed E-state index contributed by atoms with van der Waals surface area (Å²) in [5.41, 5.74) is 1.78. The Morgan fingerprint density at radius 2 is 1.69 bits per heavy atom. The zero-order valence-corrected chi connectivity index (χ0v) is 8.73. The summed E-state index contributed by atoms with van der Waals surface area (Å²) in [6.07, 6.45) is 17.2. The summed E-state index contributed by atoms with van der Waals surface area (Å²) in [6.45, 7) is 0. The highest BCUT2D eigenvalue weighted by Crippen LogP contribution is 2.31. The standard InChI is InChI=1S/C13H22/c1-2-4-6-12-8-10-13(11-9-12)7-5-3-1/h8,13H,1-7,9-11H2. The molecule has 0 aromatic rings. The van der Waals surface area contributed by atoms with E-state index in [9.17, 15) is 0 Å². The molecule has 0 aliphatic heterocycles. The maximum atomic E-state index is 2.56. The summed E-state index contributed by atoms with van der Waals surface area (Å²) in [7, 11) is 0. The molecule has 0 amide bonds. The van der Waals surface area contributed by atoms with Gasteiger partial charge in [-0.25, -0.2) is 0 Å². The van der Waals surface area contributed by atoms with Gasteiger partial charge >= 0.3 is 0 Å². The molecule has 74 valence electrons. The first-order valence-corrected chi connectivity index (χ1v) is 6.13. The van der Waals surface area contributed by atoms with E-state index in [0.29, 0.717) is 0 Å². The molecule has 0 N–H and O–H groups in total. The van der Waals surface area contributed by atoms with Crippen LogP contribution in [0, 0.1) is 5.92 Å². The average Bonchev–Trinajstić information content (AvgIpc) is 2.25. The molecular weight excluding hydrogens is 156 g/mol. The second-order valence-corrected chi connectivity index (χ2v) is 4.81. The van der Waals surface area contributed by atoms with Gasteiger partial charge in [-0.15, -0.1) is 0 Å². The lowest BCUT2D eigenvalue weighted by Gasteiger charge is -2.21. The summed E-state index contributed by atoms with van der Waals surface area (Å²) in [5.74, 6) is 1.04. The highest BCUT2D eigenvalue weighted by atomic mass is 14.2. The Labute approximate surface area is 82.4 Å². The molecule has 2 bridgehead atoms. The summed E-state index contributed by atoms with van der Waals surface area (Å²) < 4.78 is 0. The van der Waals surface area contributed by atoms with Crippen LogP contribution in [0.2, 0.25) is 0 Å². The van der Waals surface area contributed by atoms with Crippen LogP contribution in [0.15, 0.2) is 11.6 Å². The van der Waals surface area contributed by atoms with Gasteiger partial charge in [0.1, 0.15) is 0 Å². The lowest BCUT2D eigenvalue weighted by Crippen LogP contribution is -2.05. The SMILES string of the molecule is C1=C2CCCCCCCC(C1)CC2. The van der Waals surface area contributed by atoms with Crippen LogP contribution in [0.25, 0.3) is 0 Å². The van der Waals surface area contributed by atoms with Crippen molar-refractivity contribution in [1.29, 1.82) is 0 Å². The Morgan fingerprint density at radius 3 is 2.54 bits per heavy atom. The molecule has 1 fully saturated rings. The fourth-order valence-corrected chi connectivity index (χ4v) is 2.75. The van der Waals surface area contributed by atoms with E-state index in [1.54, 1.807) is 5.57 Å². The summed E-state index contributed by atoms with van der Waals surface area (Å²) in [6, 6.07) is 0. The smallest absolute Gasteiger partial charge is 0.0318 e. The van der Waals surface area contributed by atoms with Gasteiger partial charge in [0.2, 0.25) is 0 Å². The lowest BCUT2D eigenvalue weighted by atomic mass is 9.85. The van der Waals surface area contributed by atoms with Gasteiger partial charge < -0.3 is 0 Å². The van der Waals surface area contributed by atoms with E-state index in [1.165, 1.54) is 64.2 Å². The maximum absolute atomic E-state index is 2.56. The molecule has 0 heteroatoms. The molecule has 3 rings (SSSR count). The van der Waals surface area contributed by atoms with Crippen molar-refractivity contribution >= 4 is 0 Å². The van der Waals surface area contributed by atoms with Gasteiger partial charge in [0.25, 0.3) is 0 Å². The Morgan fingerprint density at radius 1 is 0.846 bits per heavy atom. The minimum absolute atomic E-state index is 1.04. The summed E-state index contributed by atoms with van der Waals surface area (Å²) >= 11 is 0. The monoisotopic (exact) mass is 178 g/mol. The molecule has 0 nitrogen and oxygen atoms in total. The van der Waals surface area contributed by atoms with Gasteiger partial charge in [-0.3, -0.25) is 0 Å². The van der Waals surface area contributed by atoms with Crippen molar-refractivity contribution in [2.45, 2.75) is 64.2 Å². The van der Waals surface area contributed by atoms with Crippen LogP contribution in [0.4, 0.5) is 0 Å². The highest BCUT2D eigenvalue weighted by Gasteiger charge is 2.14. The van der Waals surface area contributed by atoms with Crippen LogP contribution >= 0.6 is 0 Å². The topological polar surface area (TPSA) is 0 Å². The first-order valence-electron chi connectivity index (χ1n) is 6.13. The number of allylic oxidation sites excluding steroid dienone is 2. The largest absolute Gasteiger partial charge is 0.0851 e. The second-order valence-electron chi connectivity index (χ2n) is 4.81. The number of hydrogen-bond acceptors (Lipinski definition) is 0. The zero-order chi connectivity index (χ0) is 8.93. The Kier molecular flexibility index (Phi) is 3.46. The van der Waals surface area contributed by atoms with Gasteiger partial charge in [0.05, 0.1) is 0 Å². The Hall–Kier alpha value is -0.260. The van der Waals surface area contributed by atoms with Gasteiger partial charge in [0, 0.05) is 0 Å². The third-order valence-corrected chi connectivity index (χ3v) is 3.72. The second kappa shape index (κ2) is 4.83. The van der Waals surface area contributed by atoms with Crippen molar-refractivity contribution in [2.24, 2.45) is 5.92 Å². The molecule has 13 heavy (non-hydrogen) atoms. The van der Waals surface area contributed by atoms with Crippen LogP contribution in [-0.4, -0.2) is 0 Å². The third kappa shape index (κ3) is 2.86. The molecular formula is C13H22. The molecule has 3 aliphatic carbocycles. The third-order valence-electron chi connectivity index (χ3n) is 3.72. The molecule has 0 spiro atoms. The number of fused-ring (bicyclic) bond motifs is 8. The van der Waals surface area contributed by atoms with Crippen molar-refractivity contribution in [3.8, 4) is 0 Å². The summed E-state index contributed by atoms with van der Waals surface area (Å²) in [4.78, 5) is 0. The van der Waals surface area contributed by atoms with E-state index < -0.39 is 0 Å². The van der Waals surface area contributed by atoms with Gasteiger partial charge in [-0.05, 0) is 38.0 Å². The molecule has 3 aliphatic rings. The van der Waals surface area contributed by atoms with E-state index in [-0.39, 0.29) is 0 Å². The summed E-state index contributed by atoms with van der Waals surface area (Å²) in [5, 5.41) is 0. The molecule has 1 unspecified atom stereocenters. The van der Waals surface area contributed by atoms with Crippen LogP contribution < -0.4 is 0 Å². The van der Waals surface area contributed by atoms with Crippen molar-refractivity contribution in [3.63, 3.8) is 0 Å². The van der Waals surface area contributed by atoms with Crippen molar-refractivity contribution in [3.05, 3.63) is 11.6 Å². The molecule has 0 heterocycles. The molecule has 0 radical (unpaired) electrons. The van der Waals surface area contributed by atoms with E-state index in [2.05, 4.69) is 6.08 Å². The average molecular weight is 178 g/mol. The van der Waals surface area contributed by atoms with Gasteiger partial charge in [-0.2, -0.15) is 0 Å². The molecule has 0 aromatic carbocycles. The van der Waals surface area contributed by atoms with E-state index in [0.717, 1.165) is 5.92 Å². The van der Waals surface area contributed by atoms with Crippen LogP contribution in [0.5, 0.6) is 0 Å². The van der Waals surface area contributed by atoms with Crippen LogP contribution in [-0.2, 0) is 0 Å². The first-order chi connectivity index (χ1) is 6.45. The molecule has 0 aromatic heterocycles. The Balaban J connectivity index is 1.91. The normalized spacial score (nSPS) is 30.8.